The molecule has 0 N–H and O–H groups in total. The molecule has 4 nitrogen and oxygen atoms in total. The van der Waals surface area contributed by atoms with Crippen LogP contribution in [0.25, 0.3) is 0 Å². The molecule has 1 radical (unpaired) electrons. The summed E-state index contributed by atoms with van der Waals surface area (Å²) in [6.07, 6.45) is 2.79. The van der Waals surface area contributed by atoms with E-state index in [9.17, 15) is 8.42 Å². The molecular formula is C8H15N2O2S. The summed E-state index contributed by atoms with van der Waals surface area (Å²) in [4.78, 5) is 0. The maximum Gasteiger partial charge on any atom is 0.217 e. The Labute approximate surface area is 79.4 Å². The molecule has 2 aliphatic rings. The summed E-state index contributed by atoms with van der Waals surface area (Å²) in [5, 5.41) is 4.06. The molecule has 0 aromatic carbocycles. The molecule has 1 aliphatic heterocycles. The summed E-state index contributed by atoms with van der Waals surface area (Å²) >= 11 is 0. The molecule has 0 atom stereocenters. The van der Waals surface area contributed by atoms with Gasteiger partial charge in [0.15, 0.2) is 0 Å². The summed E-state index contributed by atoms with van der Waals surface area (Å²) in [5.74, 6) is 0. The van der Waals surface area contributed by atoms with Crippen molar-refractivity contribution in [3.63, 3.8) is 0 Å². The lowest BCUT2D eigenvalue weighted by atomic mass is 10.0. The maximum atomic E-state index is 11.9. The largest absolute Gasteiger partial charge is 0.239 e. The zero-order chi connectivity index (χ0) is 9.31. The molecule has 1 saturated carbocycles. The Bertz CT molecular complexity index is 266. The van der Waals surface area contributed by atoms with Crippen molar-refractivity contribution >= 4 is 10.0 Å². The fourth-order valence-corrected chi connectivity index (χ4v) is 3.74. The molecule has 0 amide bonds. The number of piperazine rings is 1. The fraction of sp³-hybridized carbons (Fsp3) is 1.00. The average Bonchev–Trinajstić information content (AvgIpc) is 2.02. The summed E-state index contributed by atoms with van der Waals surface area (Å²) in [6, 6.07) is 0. The lowest BCUT2D eigenvalue weighted by Gasteiger charge is -2.33. The minimum absolute atomic E-state index is 0.0781. The minimum Gasteiger partial charge on any atom is -0.239 e. The van der Waals surface area contributed by atoms with E-state index in [0.717, 1.165) is 19.3 Å². The fourth-order valence-electron chi connectivity index (χ4n) is 1.72. The van der Waals surface area contributed by atoms with Gasteiger partial charge in [-0.05, 0) is 12.8 Å². The summed E-state index contributed by atoms with van der Waals surface area (Å²) < 4.78 is 25.3. The number of sulfonamides is 1. The van der Waals surface area contributed by atoms with E-state index >= 15 is 0 Å². The second-order valence-electron chi connectivity index (χ2n) is 3.67. The Morgan fingerprint density at radius 2 is 1.77 bits per heavy atom. The zero-order valence-corrected chi connectivity index (χ0v) is 8.46. The highest BCUT2D eigenvalue weighted by molar-refractivity contribution is 7.89. The smallest absolute Gasteiger partial charge is 0.217 e. The van der Waals surface area contributed by atoms with Crippen LogP contribution in [0.4, 0.5) is 0 Å². The lowest BCUT2D eigenvalue weighted by Crippen LogP contribution is -2.48. The monoisotopic (exact) mass is 203 g/mol. The third-order valence-electron chi connectivity index (χ3n) is 2.85. The second kappa shape index (κ2) is 3.55. The van der Waals surface area contributed by atoms with Crippen molar-refractivity contribution in [2.75, 3.05) is 26.2 Å². The van der Waals surface area contributed by atoms with Gasteiger partial charge in [-0.15, -0.1) is 0 Å². The van der Waals surface area contributed by atoms with Crippen molar-refractivity contribution in [1.82, 2.24) is 9.62 Å². The van der Waals surface area contributed by atoms with Gasteiger partial charge in [-0.2, -0.15) is 4.31 Å². The molecule has 13 heavy (non-hydrogen) atoms. The molecule has 75 valence electrons. The van der Waals surface area contributed by atoms with Gasteiger partial charge in [0, 0.05) is 26.2 Å². The van der Waals surface area contributed by atoms with E-state index in [0.29, 0.717) is 26.2 Å². The molecule has 0 aromatic rings. The van der Waals surface area contributed by atoms with E-state index in [-0.39, 0.29) is 5.25 Å². The van der Waals surface area contributed by atoms with Crippen molar-refractivity contribution in [3.8, 4) is 0 Å². The number of hydrogen-bond donors (Lipinski definition) is 0. The maximum absolute atomic E-state index is 11.9. The number of rotatable bonds is 2. The molecule has 1 saturated heterocycles. The molecule has 5 heteroatoms. The van der Waals surface area contributed by atoms with E-state index in [1.807, 2.05) is 0 Å². The first-order chi connectivity index (χ1) is 6.21. The van der Waals surface area contributed by atoms with Crippen molar-refractivity contribution < 1.29 is 8.42 Å². The Balaban J connectivity index is 2.03. The predicted molar refractivity (Wildman–Crippen MR) is 50.0 cm³/mol. The Hall–Kier alpha value is -0.130. The topological polar surface area (TPSA) is 51.5 Å². The summed E-state index contributed by atoms with van der Waals surface area (Å²) in [7, 11) is -2.95. The number of hydrogen-bond acceptors (Lipinski definition) is 2. The Morgan fingerprint density at radius 3 is 2.23 bits per heavy atom. The molecule has 0 unspecified atom stereocenters. The van der Waals surface area contributed by atoms with Crippen LogP contribution in [0.2, 0.25) is 0 Å². The Kier molecular flexibility index (Phi) is 2.58. The van der Waals surface area contributed by atoms with Crippen LogP contribution in [0.5, 0.6) is 0 Å². The van der Waals surface area contributed by atoms with E-state index in [1.165, 1.54) is 0 Å². The van der Waals surface area contributed by atoms with E-state index in [4.69, 9.17) is 0 Å². The standard InChI is InChI=1S/C8H15N2O2S/c11-13(12,8-2-1-3-8)10-6-4-9-5-7-10/h8H,1-7H2. The molecule has 2 fully saturated rings. The minimum atomic E-state index is -2.95. The third-order valence-corrected chi connectivity index (χ3v) is 5.25. The highest BCUT2D eigenvalue weighted by atomic mass is 32.2. The van der Waals surface area contributed by atoms with Gasteiger partial charge in [0.25, 0.3) is 0 Å². The molecule has 1 aliphatic carbocycles. The van der Waals surface area contributed by atoms with Crippen LogP contribution in [0, 0.1) is 0 Å². The van der Waals surface area contributed by atoms with Gasteiger partial charge in [0.05, 0.1) is 5.25 Å². The van der Waals surface area contributed by atoms with E-state index in [1.54, 1.807) is 4.31 Å². The molecule has 1 heterocycles. The van der Waals surface area contributed by atoms with Crippen molar-refractivity contribution in [1.29, 1.82) is 0 Å². The van der Waals surface area contributed by atoms with Crippen molar-refractivity contribution in [2.45, 2.75) is 24.5 Å². The van der Waals surface area contributed by atoms with Crippen LogP contribution < -0.4 is 5.32 Å². The second-order valence-corrected chi connectivity index (χ2v) is 5.88. The highest BCUT2D eigenvalue weighted by Crippen LogP contribution is 2.28. The van der Waals surface area contributed by atoms with Crippen LogP contribution in [0.1, 0.15) is 19.3 Å². The van der Waals surface area contributed by atoms with Crippen molar-refractivity contribution in [3.05, 3.63) is 0 Å². The zero-order valence-electron chi connectivity index (χ0n) is 7.65. The molecule has 0 bridgehead atoms. The SMILES string of the molecule is O=S(=O)(C1CCC1)N1CC[N]CC1. The van der Waals surface area contributed by atoms with Gasteiger partial charge in [0.1, 0.15) is 0 Å². The van der Waals surface area contributed by atoms with Gasteiger partial charge in [-0.25, -0.2) is 13.7 Å². The van der Waals surface area contributed by atoms with Crippen LogP contribution in [0.15, 0.2) is 0 Å². The summed E-state index contributed by atoms with van der Waals surface area (Å²) in [6.45, 7) is 2.54. The lowest BCUT2D eigenvalue weighted by molar-refractivity contribution is 0.339. The van der Waals surface area contributed by atoms with Gasteiger partial charge in [-0.3, -0.25) is 0 Å². The molecular weight excluding hydrogens is 188 g/mol. The van der Waals surface area contributed by atoms with Crippen LogP contribution in [-0.2, 0) is 10.0 Å². The van der Waals surface area contributed by atoms with Crippen LogP contribution in [0.3, 0.4) is 0 Å². The Morgan fingerprint density at radius 1 is 1.15 bits per heavy atom. The van der Waals surface area contributed by atoms with Crippen LogP contribution >= 0.6 is 0 Å². The molecule has 0 spiro atoms. The number of nitrogens with zero attached hydrogens (tertiary/aromatic N) is 2. The summed E-state index contributed by atoms with van der Waals surface area (Å²) in [5.41, 5.74) is 0. The third kappa shape index (κ3) is 1.73. The van der Waals surface area contributed by atoms with E-state index < -0.39 is 10.0 Å². The average molecular weight is 203 g/mol. The normalized spacial score (nSPS) is 27.1. The molecule has 0 aromatic heterocycles. The van der Waals surface area contributed by atoms with Crippen LogP contribution in [-0.4, -0.2) is 44.2 Å². The first-order valence-corrected chi connectivity index (χ1v) is 6.34. The van der Waals surface area contributed by atoms with E-state index in [2.05, 4.69) is 5.32 Å². The highest BCUT2D eigenvalue weighted by Gasteiger charge is 2.36. The predicted octanol–water partition coefficient (Wildman–Crippen LogP) is -0.211. The van der Waals surface area contributed by atoms with Gasteiger partial charge in [0.2, 0.25) is 10.0 Å². The van der Waals surface area contributed by atoms with Gasteiger partial charge >= 0.3 is 0 Å². The van der Waals surface area contributed by atoms with Gasteiger partial charge in [-0.1, -0.05) is 6.42 Å². The van der Waals surface area contributed by atoms with Gasteiger partial charge < -0.3 is 0 Å². The first kappa shape index (κ1) is 9.43. The molecule has 2 rings (SSSR count). The van der Waals surface area contributed by atoms with Crippen molar-refractivity contribution in [2.24, 2.45) is 0 Å². The quantitative estimate of drug-likeness (QED) is 0.623. The first-order valence-electron chi connectivity index (χ1n) is 4.83.